The molecular weight excluding hydrogens is 164 g/mol. The Hall–Kier alpha value is -0.770. The Morgan fingerprint density at radius 1 is 1.46 bits per heavy atom. The Labute approximate surface area is 80.0 Å². The summed E-state index contributed by atoms with van der Waals surface area (Å²) in [7, 11) is 0. The summed E-state index contributed by atoms with van der Waals surface area (Å²) >= 11 is 0. The summed E-state index contributed by atoms with van der Waals surface area (Å²) < 4.78 is 0. The van der Waals surface area contributed by atoms with Gasteiger partial charge in [-0.3, -0.25) is 10.4 Å². The minimum absolute atomic E-state index is 0.147. The topological polar surface area (TPSA) is 65.1 Å². The molecule has 4 heteroatoms. The van der Waals surface area contributed by atoms with E-state index >= 15 is 0 Å². The van der Waals surface area contributed by atoms with Crippen molar-refractivity contribution in [1.82, 2.24) is 10.4 Å². The number of nitrogens with two attached hydrogens (primary N) is 1. The highest BCUT2D eigenvalue weighted by Crippen LogP contribution is 2.20. The van der Waals surface area contributed by atoms with Crippen LogP contribution in [0.2, 0.25) is 0 Å². The maximum absolute atomic E-state index is 7.43. The first-order chi connectivity index (χ1) is 6.25. The molecule has 0 aliphatic heterocycles. The molecule has 0 aromatic heterocycles. The van der Waals surface area contributed by atoms with Crippen molar-refractivity contribution in [2.75, 3.05) is 6.54 Å². The second-order valence-corrected chi connectivity index (χ2v) is 3.56. The summed E-state index contributed by atoms with van der Waals surface area (Å²) in [6.07, 6.45) is 6.17. The Bertz CT molecular complexity index is 163. The molecule has 0 spiro atoms. The first kappa shape index (κ1) is 10.3. The molecule has 1 saturated carbocycles. The molecule has 76 valence electrons. The van der Waals surface area contributed by atoms with Gasteiger partial charge in [-0.1, -0.05) is 26.2 Å². The lowest BCUT2D eigenvalue weighted by Crippen LogP contribution is -2.52. The highest BCUT2D eigenvalue weighted by Gasteiger charge is 2.21. The smallest absolute Gasteiger partial charge is 0.203 e. The summed E-state index contributed by atoms with van der Waals surface area (Å²) in [6, 6.07) is 0.436. The molecule has 1 aliphatic carbocycles. The van der Waals surface area contributed by atoms with Crippen LogP contribution in [0.25, 0.3) is 0 Å². The van der Waals surface area contributed by atoms with Crippen LogP contribution >= 0.6 is 0 Å². The molecule has 0 unspecified atom stereocenters. The fourth-order valence-corrected chi connectivity index (χ4v) is 1.92. The summed E-state index contributed by atoms with van der Waals surface area (Å²) in [5, 5.41) is 9.25. The van der Waals surface area contributed by atoms with E-state index in [0.717, 1.165) is 19.4 Å². The van der Waals surface area contributed by atoms with E-state index in [0.29, 0.717) is 6.04 Å². The minimum Gasteiger partial charge on any atom is -0.369 e. The van der Waals surface area contributed by atoms with E-state index < -0.39 is 0 Å². The molecule has 0 amide bonds. The molecule has 0 atom stereocenters. The average molecular weight is 184 g/mol. The first-order valence-corrected chi connectivity index (χ1v) is 5.12. The van der Waals surface area contributed by atoms with Gasteiger partial charge in [0.05, 0.1) is 0 Å². The van der Waals surface area contributed by atoms with E-state index in [1.165, 1.54) is 19.3 Å². The van der Waals surface area contributed by atoms with Gasteiger partial charge < -0.3 is 5.73 Å². The van der Waals surface area contributed by atoms with Crippen molar-refractivity contribution in [2.24, 2.45) is 5.73 Å². The van der Waals surface area contributed by atoms with Gasteiger partial charge in [-0.05, 0) is 12.8 Å². The van der Waals surface area contributed by atoms with Crippen molar-refractivity contribution in [3.05, 3.63) is 0 Å². The summed E-state index contributed by atoms with van der Waals surface area (Å²) in [5.74, 6) is 0.147. The molecule has 0 saturated heterocycles. The molecule has 0 heterocycles. The monoisotopic (exact) mass is 184 g/mol. The fourth-order valence-electron chi connectivity index (χ4n) is 1.92. The lowest BCUT2D eigenvalue weighted by atomic mass is 9.95. The molecular formula is C9H20N4. The zero-order chi connectivity index (χ0) is 9.68. The Kier molecular flexibility index (Phi) is 4.02. The number of rotatable bonds is 3. The molecule has 4 N–H and O–H groups in total. The zero-order valence-electron chi connectivity index (χ0n) is 8.34. The van der Waals surface area contributed by atoms with Gasteiger partial charge in [-0.15, -0.1) is 0 Å². The minimum atomic E-state index is 0.147. The Morgan fingerprint density at radius 2 is 2.08 bits per heavy atom. The van der Waals surface area contributed by atoms with E-state index in [9.17, 15) is 0 Å². The highest BCUT2D eigenvalue weighted by atomic mass is 15.6. The van der Waals surface area contributed by atoms with Crippen LogP contribution in [-0.4, -0.2) is 23.6 Å². The van der Waals surface area contributed by atoms with E-state index in [2.05, 4.69) is 5.43 Å². The van der Waals surface area contributed by atoms with Gasteiger partial charge >= 0.3 is 0 Å². The van der Waals surface area contributed by atoms with Crippen LogP contribution in [0, 0.1) is 5.41 Å². The van der Waals surface area contributed by atoms with Gasteiger partial charge in [-0.2, -0.15) is 0 Å². The van der Waals surface area contributed by atoms with E-state index in [1.54, 1.807) is 0 Å². The maximum Gasteiger partial charge on any atom is 0.203 e. The number of hydrazine groups is 1. The Morgan fingerprint density at radius 3 is 2.54 bits per heavy atom. The van der Waals surface area contributed by atoms with Crippen molar-refractivity contribution < 1.29 is 0 Å². The van der Waals surface area contributed by atoms with E-state index in [-0.39, 0.29) is 5.96 Å². The summed E-state index contributed by atoms with van der Waals surface area (Å²) in [5.41, 5.74) is 8.64. The SMILES string of the molecule is CCNN(C(=N)N)C1CCCCC1. The van der Waals surface area contributed by atoms with Crippen molar-refractivity contribution in [2.45, 2.75) is 45.1 Å². The molecule has 0 aromatic carbocycles. The third-order valence-electron chi connectivity index (χ3n) is 2.53. The van der Waals surface area contributed by atoms with Crippen molar-refractivity contribution in [3.63, 3.8) is 0 Å². The predicted octanol–water partition coefficient (Wildman–Crippen LogP) is 1.04. The normalized spacial score (nSPS) is 18.5. The van der Waals surface area contributed by atoms with Crippen LogP contribution in [-0.2, 0) is 0 Å². The van der Waals surface area contributed by atoms with Gasteiger partial charge in [0.15, 0.2) is 0 Å². The third kappa shape index (κ3) is 2.88. The van der Waals surface area contributed by atoms with Gasteiger partial charge in [0, 0.05) is 12.6 Å². The first-order valence-electron chi connectivity index (χ1n) is 5.12. The maximum atomic E-state index is 7.43. The summed E-state index contributed by atoms with van der Waals surface area (Å²) in [4.78, 5) is 0. The molecule has 1 aliphatic rings. The van der Waals surface area contributed by atoms with E-state index in [1.807, 2.05) is 11.9 Å². The number of hydrogen-bond acceptors (Lipinski definition) is 2. The highest BCUT2D eigenvalue weighted by molar-refractivity contribution is 5.74. The second-order valence-electron chi connectivity index (χ2n) is 3.56. The third-order valence-corrected chi connectivity index (χ3v) is 2.53. The molecule has 4 nitrogen and oxygen atoms in total. The van der Waals surface area contributed by atoms with Crippen LogP contribution < -0.4 is 11.2 Å². The average Bonchev–Trinajstić information content (AvgIpc) is 2.15. The number of nitrogens with zero attached hydrogens (tertiary/aromatic N) is 1. The molecule has 1 rings (SSSR count). The van der Waals surface area contributed by atoms with Crippen molar-refractivity contribution in [1.29, 1.82) is 5.41 Å². The van der Waals surface area contributed by atoms with Gasteiger partial charge in [-0.25, -0.2) is 5.43 Å². The van der Waals surface area contributed by atoms with Crippen LogP contribution in [0.4, 0.5) is 0 Å². The number of nitrogens with one attached hydrogen (secondary N) is 2. The predicted molar refractivity (Wildman–Crippen MR) is 54.3 cm³/mol. The van der Waals surface area contributed by atoms with Crippen LogP contribution in [0.1, 0.15) is 39.0 Å². The lowest BCUT2D eigenvalue weighted by molar-refractivity contribution is 0.183. The van der Waals surface area contributed by atoms with Gasteiger partial charge in [0.1, 0.15) is 0 Å². The summed E-state index contributed by atoms with van der Waals surface area (Å²) in [6.45, 7) is 2.86. The number of guanidine groups is 1. The standard InChI is InChI=1S/C9H20N4/c1-2-12-13(9(10)11)8-6-4-3-5-7-8/h8,12H,2-7H2,1H3,(H3,10,11). The molecule has 13 heavy (non-hydrogen) atoms. The number of hydrogen-bond donors (Lipinski definition) is 3. The van der Waals surface area contributed by atoms with E-state index in [4.69, 9.17) is 11.1 Å². The van der Waals surface area contributed by atoms with Crippen LogP contribution in [0.3, 0.4) is 0 Å². The molecule has 0 aromatic rings. The van der Waals surface area contributed by atoms with Crippen LogP contribution in [0.5, 0.6) is 0 Å². The second kappa shape index (κ2) is 5.07. The lowest BCUT2D eigenvalue weighted by Gasteiger charge is -2.34. The molecule has 1 fully saturated rings. The molecule has 0 bridgehead atoms. The van der Waals surface area contributed by atoms with Crippen molar-refractivity contribution >= 4 is 5.96 Å². The molecule has 0 radical (unpaired) electrons. The van der Waals surface area contributed by atoms with Gasteiger partial charge in [0.25, 0.3) is 0 Å². The van der Waals surface area contributed by atoms with Crippen LogP contribution in [0.15, 0.2) is 0 Å². The van der Waals surface area contributed by atoms with Crippen molar-refractivity contribution in [3.8, 4) is 0 Å². The van der Waals surface area contributed by atoms with Gasteiger partial charge in [0.2, 0.25) is 5.96 Å². The quantitative estimate of drug-likeness (QED) is 0.349. The largest absolute Gasteiger partial charge is 0.369 e. The zero-order valence-corrected chi connectivity index (χ0v) is 8.34. The fraction of sp³-hybridized carbons (Fsp3) is 0.889. The Balaban J connectivity index is 2.46.